The predicted molar refractivity (Wildman–Crippen MR) is 111 cm³/mol. The Morgan fingerprint density at radius 1 is 1.29 bits per heavy atom. The monoisotopic (exact) mass is 450 g/mol. The minimum absolute atomic E-state index is 0.0329. The molecule has 11 heteroatoms. The zero-order valence-electron chi connectivity index (χ0n) is 16.7. The lowest BCUT2D eigenvalue weighted by Gasteiger charge is -2.09. The van der Waals surface area contributed by atoms with Crippen LogP contribution in [-0.4, -0.2) is 32.6 Å². The van der Waals surface area contributed by atoms with E-state index in [0.29, 0.717) is 24.5 Å². The van der Waals surface area contributed by atoms with Crippen LogP contribution in [0.15, 0.2) is 30.5 Å². The third kappa shape index (κ3) is 5.37. The van der Waals surface area contributed by atoms with E-state index in [0.717, 1.165) is 17.8 Å². The van der Waals surface area contributed by atoms with Crippen LogP contribution < -0.4 is 15.4 Å². The molecule has 0 bridgehead atoms. The molecule has 3 N–H and O–H groups in total. The standard InChI is InChI=1S/C20H20F2N4O4S/c1-11-8-15(22)12(9-14(11)21)10-30-17-16(19(27)28)18(31-25-17)24-20(29)23-6-5-13-4-3-7-26(13)2/h3-4,7-9H,5-6,10H2,1-2H3,(H,27,28)(H2,23,24,29). The number of hydrogen-bond acceptors (Lipinski definition) is 5. The van der Waals surface area contributed by atoms with Crippen LogP contribution in [-0.2, 0) is 20.1 Å². The number of aromatic nitrogens is 2. The average Bonchev–Trinajstić information content (AvgIpc) is 3.29. The van der Waals surface area contributed by atoms with Crippen molar-refractivity contribution in [3.05, 3.63) is 64.5 Å². The number of carboxylic acids is 1. The molecule has 2 aromatic heterocycles. The lowest BCUT2D eigenvalue weighted by Crippen LogP contribution is -2.30. The SMILES string of the molecule is Cc1cc(F)c(COc2nsc(NC(=O)NCCc3cccn3C)c2C(=O)O)cc1F. The van der Waals surface area contributed by atoms with Gasteiger partial charge in [-0.05, 0) is 48.3 Å². The number of amides is 2. The molecule has 0 saturated carbocycles. The van der Waals surface area contributed by atoms with E-state index in [2.05, 4.69) is 15.0 Å². The van der Waals surface area contributed by atoms with E-state index in [4.69, 9.17) is 4.74 Å². The molecule has 3 rings (SSSR count). The number of aromatic carboxylic acids is 1. The van der Waals surface area contributed by atoms with Gasteiger partial charge in [0.25, 0.3) is 0 Å². The number of halogens is 2. The second-order valence-electron chi connectivity index (χ2n) is 6.72. The number of aryl methyl sites for hydroxylation is 2. The number of rotatable bonds is 8. The predicted octanol–water partition coefficient (Wildman–Crippen LogP) is 3.71. The van der Waals surface area contributed by atoms with Gasteiger partial charge in [-0.2, -0.15) is 4.37 Å². The van der Waals surface area contributed by atoms with Gasteiger partial charge in [-0.15, -0.1) is 0 Å². The number of nitrogens with one attached hydrogen (secondary N) is 2. The molecular formula is C20H20F2N4O4S. The fraction of sp³-hybridized carbons (Fsp3) is 0.250. The second-order valence-corrected chi connectivity index (χ2v) is 7.49. The third-order valence-electron chi connectivity index (χ3n) is 4.51. The van der Waals surface area contributed by atoms with Gasteiger partial charge in [0.2, 0.25) is 5.88 Å². The van der Waals surface area contributed by atoms with E-state index in [1.165, 1.54) is 6.92 Å². The summed E-state index contributed by atoms with van der Waals surface area (Å²) in [6.45, 7) is 1.34. The van der Waals surface area contributed by atoms with Gasteiger partial charge >= 0.3 is 12.0 Å². The first-order chi connectivity index (χ1) is 14.8. The third-order valence-corrected chi connectivity index (χ3v) is 5.26. The minimum atomic E-state index is -1.38. The van der Waals surface area contributed by atoms with Crippen molar-refractivity contribution in [1.29, 1.82) is 0 Å². The molecule has 0 saturated heterocycles. The van der Waals surface area contributed by atoms with E-state index in [1.54, 1.807) is 0 Å². The summed E-state index contributed by atoms with van der Waals surface area (Å²) < 4.78 is 38.8. The van der Waals surface area contributed by atoms with E-state index in [-0.39, 0.29) is 27.6 Å². The molecule has 0 aliphatic carbocycles. The van der Waals surface area contributed by atoms with Crippen molar-refractivity contribution in [2.24, 2.45) is 7.05 Å². The summed E-state index contributed by atoms with van der Waals surface area (Å²) >= 11 is 0.712. The first-order valence-corrected chi connectivity index (χ1v) is 9.99. The number of carbonyl (C=O) groups excluding carboxylic acids is 1. The number of ether oxygens (including phenoxy) is 1. The van der Waals surface area contributed by atoms with Gasteiger partial charge in [-0.3, -0.25) is 5.32 Å². The van der Waals surface area contributed by atoms with Gasteiger partial charge in [-0.1, -0.05) is 0 Å². The minimum Gasteiger partial charge on any atom is -0.477 e. The Hall–Kier alpha value is -3.47. The Kier molecular flexibility index (Phi) is 6.85. The highest BCUT2D eigenvalue weighted by Crippen LogP contribution is 2.31. The molecule has 0 fully saturated rings. The van der Waals surface area contributed by atoms with Crippen LogP contribution in [0, 0.1) is 18.6 Å². The number of anilines is 1. The smallest absolute Gasteiger partial charge is 0.344 e. The van der Waals surface area contributed by atoms with Crippen molar-refractivity contribution in [2.45, 2.75) is 20.0 Å². The maximum atomic E-state index is 14.0. The number of urea groups is 1. The lowest BCUT2D eigenvalue weighted by molar-refractivity contribution is 0.0693. The topological polar surface area (TPSA) is 105 Å². The number of carbonyl (C=O) groups is 2. The number of carboxylic acid groups (broad SMARTS) is 1. The Morgan fingerprint density at radius 3 is 2.74 bits per heavy atom. The molecule has 3 aromatic rings. The van der Waals surface area contributed by atoms with Crippen molar-refractivity contribution >= 4 is 28.5 Å². The molecular weight excluding hydrogens is 430 g/mol. The zero-order valence-corrected chi connectivity index (χ0v) is 17.6. The van der Waals surface area contributed by atoms with Crippen LogP contribution in [0.5, 0.6) is 5.88 Å². The fourth-order valence-corrected chi connectivity index (χ4v) is 3.52. The maximum absolute atomic E-state index is 14.0. The van der Waals surface area contributed by atoms with Crippen molar-refractivity contribution in [3.8, 4) is 5.88 Å². The molecule has 0 radical (unpaired) electrons. The maximum Gasteiger partial charge on any atom is 0.344 e. The van der Waals surface area contributed by atoms with E-state index < -0.39 is 30.2 Å². The van der Waals surface area contributed by atoms with Crippen LogP contribution in [0.2, 0.25) is 0 Å². The van der Waals surface area contributed by atoms with Gasteiger partial charge in [0.15, 0.2) is 5.56 Å². The first-order valence-electron chi connectivity index (χ1n) is 9.21. The zero-order chi connectivity index (χ0) is 22.5. The first kappa shape index (κ1) is 22.2. The van der Waals surface area contributed by atoms with Gasteiger partial charge < -0.3 is 19.7 Å². The summed E-state index contributed by atoms with van der Waals surface area (Å²) in [5.41, 5.74) is 0.724. The van der Waals surface area contributed by atoms with Gasteiger partial charge in [0.1, 0.15) is 23.2 Å². The summed E-state index contributed by atoms with van der Waals surface area (Å²) in [4.78, 5) is 23.8. The number of hydrogen-bond donors (Lipinski definition) is 3. The molecule has 0 unspecified atom stereocenters. The Labute approximate surface area is 180 Å². The molecule has 0 aliphatic rings. The molecule has 31 heavy (non-hydrogen) atoms. The summed E-state index contributed by atoms with van der Waals surface area (Å²) in [5.74, 6) is -2.96. The Balaban J connectivity index is 1.63. The highest BCUT2D eigenvalue weighted by Gasteiger charge is 2.24. The van der Waals surface area contributed by atoms with E-state index in [1.807, 2.05) is 29.9 Å². The summed E-state index contributed by atoms with van der Waals surface area (Å²) in [5, 5.41) is 14.5. The molecule has 164 valence electrons. The molecule has 0 aliphatic heterocycles. The molecule has 0 spiro atoms. The number of nitrogens with zero attached hydrogens (tertiary/aromatic N) is 2. The van der Waals surface area contributed by atoms with Gasteiger partial charge in [-0.25, -0.2) is 18.4 Å². The molecule has 2 amide bonds. The van der Waals surface area contributed by atoms with Crippen LogP contribution in [0.4, 0.5) is 18.6 Å². The number of benzene rings is 1. The molecule has 8 nitrogen and oxygen atoms in total. The van der Waals surface area contributed by atoms with Crippen LogP contribution in [0.1, 0.15) is 27.2 Å². The van der Waals surface area contributed by atoms with Crippen molar-refractivity contribution in [3.63, 3.8) is 0 Å². The summed E-state index contributed by atoms with van der Waals surface area (Å²) in [6, 6.07) is 5.23. The van der Waals surface area contributed by atoms with Crippen molar-refractivity contribution in [1.82, 2.24) is 14.3 Å². The van der Waals surface area contributed by atoms with Gasteiger partial charge in [0.05, 0.1) is 0 Å². The molecule has 2 heterocycles. The normalized spacial score (nSPS) is 10.7. The van der Waals surface area contributed by atoms with Crippen LogP contribution >= 0.6 is 11.5 Å². The van der Waals surface area contributed by atoms with E-state index >= 15 is 0 Å². The Morgan fingerprint density at radius 2 is 2.06 bits per heavy atom. The summed E-state index contributed by atoms with van der Waals surface area (Å²) in [7, 11) is 1.89. The van der Waals surface area contributed by atoms with Gasteiger partial charge in [0, 0.05) is 37.5 Å². The largest absolute Gasteiger partial charge is 0.477 e. The molecule has 0 atom stereocenters. The molecule has 1 aromatic carbocycles. The average molecular weight is 450 g/mol. The highest BCUT2D eigenvalue weighted by molar-refractivity contribution is 7.11. The highest BCUT2D eigenvalue weighted by atomic mass is 32.1. The van der Waals surface area contributed by atoms with Crippen LogP contribution in [0.3, 0.4) is 0 Å². The summed E-state index contributed by atoms with van der Waals surface area (Å²) in [6.07, 6.45) is 2.49. The lowest BCUT2D eigenvalue weighted by atomic mass is 10.1. The van der Waals surface area contributed by atoms with Crippen molar-refractivity contribution < 1.29 is 28.2 Å². The Bertz CT molecular complexity index is 1110. The van der Waals surface area contributed by atoms with E-state index in [9.17, 15) is 23.5 Å². The van der Waals surface area contributed by atoms with Crippen molar-refractivity contribution in [2.75, 3.05) is 11.9 Å². The van der Waals surface area contributed by atoms with Crippen LogP contribution in [0.25, 0.3) is 0 Å². The second kappa shape index (κ2) is 9.56. The quantitative estimate of drug-likeness (QED) is 0.485. The fourth-order valence-electron chi connectivity index (χ4n) is 2.80.